The number of pyridine rings is 1. The summed E-state index contributed by atoms with van der Waals surface area (Å²) in [4.78, 5) is 33.3. The Balaban J connectivity index is 1.37. The van der Waals surface area contributed by atoms with Gasteiger partial charge in [0.1, 0.15) is 22.9 Å². The number of anilines is 1. The van der Waals surface area contributed by atoms with E-state index in [2.05, 4.69) is 22.1 Å². The second kappa shape index (κ2) is 13.8. The maximum Gasteiger partial charge on any atom is 0.301 e. The lowest BCUT2D eigenvalue weighted by Gasteiger charge is -2.22. The van der Waals surface area contributed by atoms with Gasteiger partial charge in [-0.2, -0.15) is 0 Å². The number of nitrogens with zero attached hydrogens (tertiary/aromatic N) is 5. The van der Waals surface area contributed by atoms with Crippen molar-refractivity contribution in [3.05, 3.63) is 107 Å². The molecule has 4 heterocycles. The van der Waals surface area contributed by atoms with Gasteiger partial charge in [0.2, 0.25) is 5.13 Å². The Labute approximate surface area is 273 Å². The molecule has 5 aromatic rings. The van der Waals surface area contributed by atoms with Gasteiger partial charge in [-0.05, 0) is 54.8 Å². The lowest BCUT2D eigenvalue weighted by Crippen LogP contribution is -2.29. The Kier molecular flexibility index (Phi) is 9.46. The highest BCUT2D eigenvalue weighted by Crippen LogP contribution is 2.44. The van der Waals surface area contributed by atoms with E-state index in [1.807, 2.05) is 6.07 Å². The highest BCUT2D eigenvalue weighted by atomic mass is 32.2. The van der Waals surface area contributed by atoms with Crippen LogP contribution in [0.4, 0.5) is 9.52 Å². The van der Waals surface area contributed by atoms with Gasteiger partial charge in [0.05, 0.1) is 23.9 Å². The zero-order valence-electron chi connectivity index (χ0n) is 25.4. The predicted octanol–water partition coefficient (Wildman–Crippen LogP) is 7.51. The van der Waals surface area contributed by atoms with Crippen LogP contribution in [0, 0.1) is 12.7 Å². The fourth-order valence-corrected chi connectivity index (χ4v) is 7.30. The van der Waals surface area contributed by atoms with Gasteiger partial charge in [0.15, 0.2) is 10.1 Å². The molecular weight excluding hydrogens is 626 g/mol. The molecule has 0 aliphatic carbocycles. The molecule has 46 heavy (non-hydrogen) atoms. The van der Waals surface area contributed by atoms with Crippen molar-refractivity contribution in [3.8, 4) is 5.75 Å². The van der Waals surface area contributed by atoms with Gasteiger partial charge >= 0.3 is 5.91 Å². The third kappa shape index (κ3) is 6.27. The van der Waals surface area contributed by atoms with E-state index in [-0.39, 0.29) is 22.3 Å². The van der Waals surface area contributed by atoms with Crippen molar-refractivity contribution >= 4 is 51.3 Å². The molecule has 12 heteroatoms. The number of carbonyl (C=O) groups excluding carboxylic acids is 2. The molecule has 1 saturated heterocycles. The van der Waals surface area contributed by atoms with Crippen molar-refractivity contribution in [3.63, 3.8) is 0 Å². The Bertz CT molecular complexity index is 1920. The van der Waals surface area contributed by atoms with Crippen molar-refractivity contribution < 1.29 is 23.8 Å². The molecule has 1 N–H and O–H groups in total. The number of aryl methyl sites for hydroxylation is 1. The van der Waals surface area contributed by atoms with Crippen LogP contribution in [0.1, 0.15) is 61.2 Å². The predicted molar refractivity (Wildman–Crippen MR) is 177 cm³/mol. The Morgan fingerprint density at radius 1 is 1.02 bits per heavy atom. The standard InChI is InChI=1S/C34H32FN5O4S2/c1-3-4-5-10-19-44-24-16-14-22(15-17-24)29-27(30(41)28-21(2)36-26-13-8-9-18-39(26)28)31(42)32(43)40(29)33-37-38-34(46-33)45-20-23-11-6-7-12-25(23)35/h6-9,11-18,29,41H,3-5,10,19-20H2,1-2H3/b30-27+. The number of Topliss-reactive ketones (excluding diaryl/α,β-unsaturated/α-hetero) is 1. The van der Waals surface area contributed by atoms with Crippen molar-refractivity contribution in [1.29, 1.82) is 0 Å². The molecule has 2 aromatic carbocycles. The summed E-state index contributed by atoms with van der Waals surface area (Å²) in [5, 5.41) is 20.5. The Morgan fingerprint density at radius 2 is 1.80 bits per heavy atom. The maximum absolute atomic E-state index is 14.2. The number of carbonyl (C=O) groups is 2. The summed E-state index contributed by atoms with van der Waals surface area (Å²) in [6.45, 7) is 4.49. The van der Waals surface area contributed by atoms with Crippen LogP contribution >= 0.6 is 23.1 Å². The minimum atomic E-state index is -0.996. The van der Waals surface area contributed by atoms with E-state index in [9.17, 15) is 19.1 Å². The first-order chi connectivity index (χ1) is 22.4. The van der Waals surface area contributed by atoms with Crippen LogP contribution in [-0.4, -0.2) is 43.0 Å². The minimum absolute atomic E-state index is 0.0808. The molecule has 0 bridgehead atoms. The van der Waals surface area contributed by atoms with E-state index in [4.69, 9.17) is 4.74 Å². The molecule has 1 aliphatic heterocycles. The molecule has 236 valence electrons. The molecule has 1 unspecified atom stereocenters. The third-order valence-corrected chi connectivity index (χ3v) is 9.85. The Hall–Kier alpha value is -4.55. The number of fused-ring (bicyclic) bond motifs is 1. The first-order valence-corrected chi connectivity index (χ1v) is 16.8. The number of aliphatic hydroxyl groups excluding tert-OH is 1. The number of aliphatic hydroxyl groups is 1. The van der Waals surface area contributed by atoms with Crippen LogP contribution in [0.5, 0.6) is 5.75 Å². The largest absolute Gasteiger partial charge is 0.505 e. The first kappa shape index (κ1) is 31.4. The monoisotopic (exact) mass is 657 g/mol. The smallest absolute Gasteiger partial charge is 0.301 e. The van der Waals surface area contributed by atoms with Crippen LogP contribution in [-0.2, 0) is 15.3 Å². The summed E-state index contributed by atoms with van der Waals surface area (Å²) in [6, 6.07) is 18.1. The number of rotatable bonds is 12. The zero-order chi connectivity index (χ0) is 32.2. The van der Waals surface area contributed by atoms with Crippen LogP contribution in [0.15, 0.2) is 82.8 Å². The van der Waals surface area contributed by atoms with Crippen molar-refractivity contribution in [2.75, 3.05) is 11.5 Å². The minimum Gasteiger partial charge on any atom is -0.505 e. The topological polar surface area (TPSA) is 110 Å². The summed E-state index contributed by atoms with van der Waals surface area (Å²) in [7, 11) is 0. The summed E-state index contributed by atoms with van der Waals surface area (Å²) in [5.74, 6) is -1.36. The molecule has 1 aliphatic rings. The van der Waals surface area contributed by atoms with Crippen LogP contribution in [0.3, 0.4) is 0 Å². The molecule has 0 radical (unpaired) electrons. The third-order valence-electron chi connectivity index (χ3n) is 7.75. The van der Waals surface area contributed by atoms with Gasteiger partial charge < -0.3 is 9.84 Å². The molecule has 0 saturated carbocycles. The molecule has 0 spiro atoms. The molecular formula is C34H32FN5O4S2. The van der Waals surface area contributed by atoms with E-state index in [0.29, 0.717) is 50.6 Å². The molecule has 1 fully saturated rings. The van der Waals surface area contributed by atoms with Gasteiger partial charge in [-0.15, -0.1) is 10.2 Å². The fourth-order valence-electron chi connectivity index (χ4n) is 5.45. The molecule has 1 amide bonds. The number of aromatic nitrogens is 4. The van der Waals surface area contributed by atoms with Crippen molar-refractivity contribution in [2.24, 2.45) is 0 Å². The average molecular weight is 658 g/mol. The lowest BCUT2D eigenvalue weighted by molar-refractivity contribution is -0.132. The summed E-state index contributed by atoms with van der Waals surface area (Å²) in [6.07, 6.45) is 6.08. The van der Waals surface area contributed by atoms with Crippen LogP contribution in [0.25, 0.3) is 11.4 Å². The van der Waals surface area contributed by atoms with Gasteiger partial charge in [-0.3, -0.25) is 18.9 Å². The fraction of sp³-hybridized carbons (Fsp3) is 0.265. The number of halogens is 1. The summed E-state index contributed by atoms with van der Waals surface area (Å²) in [5.41, 5.74) is 2.44. The zero-order valence-corrected chi connectivity index (χ0v) is 27.0. The van der Waals surface area contributed by atoms with E-state index in [0.717, 1.165) is 37.0 Å². The first-order valence-electron chi connectivity index (χ1n) is 15.0. The van der Waals surface area contributed by atoms with Crippen molar-refractivity contribution in [2.45, 2.75) is 55.7 Å². The number of hydrogen-bond donors (Lipinski definition) is 1. The second-order valence-electron chi connectivity index (χ2n) is 10.9. The molecule has 1 atom stereocenters. The number of benzene rings is 2. The van der Waals surface area contributed by atoms with Gasteiger partial charge in [0.25, 0.3) is 5.78 Å². The summed E-state index contributed by atoms with van der Waals surface area (Å²) < 4.78 is 22.3. The van der Waals surface area contributed by atoms with E-state index >= 15 is 0 Å². The number of unbranched alkanes of at least 4 members (excludes halogenated alkanes) is 3. The molecule has 3 aromatic heterocycles. The highest BCUT2D eigenvalue weighted by molar-refractivity contribution is 8.00. The number of imidazole rings is 1. The normalized spacial score (nSPS) is 16.1. The van der Waals surface area contributed by atoms with Crippen LogP contribution < -0.4 is 9.64 Å². The van der Waals surface area contributed by atoms with Crippen LogP contribution in [0.2, 0.25) is 0 Å². The number of ether oxygens (including phenoxy) is 1. The quantitative estimate of drug-likeness (QED) is 0.0367. The SMILES string of the molecule is CCCCCCOc1ccc(C2/C(=C(\O)c3c(C)nc4ccccn34)C(=O)C(=O)N2c2nnc(SCc3ccccc3F)s2)cc1. The number of hydrogen-bond acceptors (Lipinski definition) is 9. The van der Waals surface area contributed by atoms with E-state index < -0.39 is 17.7 Å². The molecule has 9 nitrogen and oxygen atoms in total. The molecule has 6 rings (SSSR count). The summed E-state index contributed by atoms with van der Waals surface area (Å²) >= 11 is 2.40. The Morgan fingerprint density at radius 3 is 2.59 bits per heavy atom. The van der Waals surface area contributed by atoms with E-state index in [1.54, 1.807) is 72.1 Å². The highest BCUT2D eigenvalue weighted by Gasteiger charge is 2.49. The lowest BCUT2D eigenvalue weighted by atomic mass is 9.96. The second-order valence-corrected chi connectivity index (χ2v) is 13.0. The maximum atomic E-state index is 14.2. The number of ketones is 1. The van der Waals surface area contributed by atoms with Gasteiger partial charge in [-0.1, -0.05) is 85.7 Å². The number of thioether (sulfide) groups is 1. The number of amides is 1. The van der Waals surface area contributed by atoms with E-state index in [1.165, 1.54) is 22.7 Å². The van der Waals surface area contributed by atoms with Gasteiger partial charge in [-0.25, -0.2) is 9.37 Å². The van der Waals surface area contributed by atoms with Crippen molar-refractivity contribution in [1.82, 2.24) is 19.6 Å². The average Bonchev–Trinajstić information content (AvgIpc) is 3.74. The van der Waals surface area contributed by atoms with Gasteiger partial charge in [0, 0.05) is 11.9 Å².